The minimum atomic E-state index is -0.476. The van der Waals surface area contributed by atoms with Crippen LogP contribution in [0, 0.1) is 0 Å². The van der Waals surface area contributed by atoms with Crippen molar-refractivity contribution in [1.82, 2.24) is 10.6 Å². The number of amides is 2. The van der Waals surface area contributed by atoms with Gasteiger partial charge in [0.15, 0.2) is 6.10 Å². The van der Waals surface area contributed by atoms with Crippen molar-refractivity contribution >= 4 is 23.3 Å². The summed E-state index contributed by atoms with van der Waals surface area (Å²) in [4.78, 5) is 24.6. The molecule has 0 unspecified atom stereocenters. The summed E-state index contributed by atoms with van der Waals surface area (Å²) in [5.41, 5.74) is 0. The van der Waals surface area contributed by atoms with Crippen molar-refractivity contribution in [3.63, 3.8) is 0 Å². The fourth-order valence-electron chi connectivity index (χ4n) is 2.84. The second-order valence-corrected chi connectivity index (χ2v) is 6.53. The van der Waals surface area contributed by atoms with Crippen LogP contribution < -0.4 is 10.6 Å². The Balaban J connectivity index is 1.50. The molecule has 0 aromatic carbocycles. The molecule has 126 valence electrons. The van der Waals surface area contributed by atoms with Gasteiger partial charge in [0.2, 0.25) is 5.91 Å². The number of ether oxygens (including phenoxy) is 3. The van der Waals surface area contributed by atoms with E-state index in [0.717, 1.165) is 4.88 Å². The smallest absolute Gasteiger partial charge is 0.407 e. The van der Waals surface area contributed by atoms with Gasteiger partial charge in [0.1, 0.15) is 12.2 Å². The zero-order chi connectivity index (χ0) is 16.2. The van der Waals surface area contributed by atoms with Gasteiger partial charge in [-0.3, -0.25) is 4.79 Å². The molecule has 0 bridgehead atoms. The summed E-state index contributed by atoms with van der Waals surface area (Å²) >= 11 is 1.55. The van der Waals surface area contributed by atoms with Crippen molar-refractivity contribution in [3.05, 3.63) is 22.4 Å². The highest BCUT2D eigenvalue weighted by atomic mass is 32.1. The Morgan fingerprint density at radius 2 is 2.17 bits per heavy atom. The Kier molecular flexibility index (Phi) is 5.14. The summed E-state index contributed by atoms with van der Waals surface area (Å²) in [5.74, 6) is -0.0570. The highest BCUT2D eigenvalue weighted by Gasteiger charge is 2.49. The first-order chi connectivity index (χ1) is 11.2. The van der Waals surface area contributed by atoms with Crippen molar-refractivity contribution in [2.45, 2.75) is 37.7 Å². The maximum Gasteiger partial charge on any atom is 0.407 e. The van der Waals surface area contributed by atoms with E-state index in [9.17, 15) is 9.59 Å². The molecule has 4 atom stereocenters. The van der Waals surface area contributed by atoms with Crippen LogP contribution in [0.25, 0.3) is 0 Å². The molecule has 0 saturated carbocycles. The molecule has 7 nitrogen and oxygen atoms in total. The highest BCUT2D eigenvalue weighted by Crippen LogP contribution is 2.29. The first-order valence-electron chi connectivity index (χ1n) is 7.66. The van der Waals surface area contributed by atoms with Crippen LogP contribution in [0.5, 0.6) is 0 Å². The number of hydrogen-bond donors (Lipinski definition) is 2. The van der Waals surface area contributed by atoms with Gasteiger partial charge in [0.25, 0.3) is 0 Å². The number of rotatable bonds is 5. The number of fused-ring (bicyclic) bond motifs is 1. The summed E-state index contributed by atoms with van der Waals surface area (Å²) in [5, 5.41) is 7.47. The van der Waals surface area contributed by atoms with E-state index in [4.69, 9.17) is 14.2 Å². The average Bonchev–Trinajstić information content (AvgIpc) is 3.20. The topological polar surface area (TPSA) is 85.9 Å². The van der Waals surface area contributed by atoms with E-state index in [1.54, 1.807) is 11.3 Å². The molecule has 0 radical (unpaired) electrons. The number of alkyl carbamates (subject to hydrolysis) is 1. The summed E-state index contributed by atoms with van der Waals surface area (Å²) in [6, 6.07) is 3.64. The fraction of sp³-hybridized carbons (Fsp3) is 0.600. The number of nitrogens with one attached hydrogen (secondary N) is 2. The molecule has 2 aliphatic heterocycles. The second-order valence-electron chi connectivity index (χ2n) is 5.50. The van der Waals surface area contributed by atoms with Crippen molar-refractivity contribution in [2.24, 2.45) is 0 Å². The van der Waals surface area contributed by atoms with Gasteiger partial charge in [0, 0.05) is 11.4 Å². The van der Waals surface area contributed by atoms with Crippen molar-refractivity contribution < 1.29 is 23.8 Å². The summed E-state index contributed by atoms with van der Waals surface area (Å²) in [6.45, 7) is 2.97. The standard InChI is InChI=1S/C15H20N2O5S/c1-2-16-15(19)22-11-8-21-13-10(7-20-14(11)13)17-12(18)6-9-4-3-5-23-9/h3-5,10-11,13-14H,2,6-8H2,1H3,(H,16,19)(H,17,18)/t10-,11+,13+,14+/m0/s1. The Hall–Kier alpha value is -1.64. The van der Waals surface area contributed by atoms with Crippen LogP contribution in [0.1, 0.15) is 11.8 Å². The zero-order valence-corrected chi connectivity index (χ0v) is 13.6. The van der Waals surface area contributed by atoms with E-state index in [2.05, 4.69) is 10.6 Å². The minimum Gasteiger partial charge on any atom is -0.441 e. The molecule has 0 spiro atoms. The van der Waals surface area contributed by atoms with E-state index in [0.29, 0.717) is 19.6 Å². The molecule has 23 heavy (non-hydrogen) atoms. The number of carbonyl (C=O) groups is 2. The average molecular weight is 340 g/mol. The number of thiophene rings is 1. The van der Waals surface area contributed by atoms with Crippen molar-refractivity contribution in [3.8, 4) is 0 Å². The molecule has 2 amide bonds. The van der Waals surface area contributed by atoms with Gasteiger partial charge in [-0.25, -0.2) is 4.79 Å². The normalized spacial score (nSPS) is 29.1. The maximum absolute atomic E-state index is 12.1. The first-order valence-corrected chi connectivity index (χ1v) is 8.54. The van der Waals surface area contributed by atoms with Gasteiger partial charge in [-0.1, -0.05) is 6.07 Å². The Morgan fingerprint density at radius 1 is 1.35 bits per heavy atom. The predicted octanol–water partition coefficient (Wildman–Crippen LogP) is 0.688. The monoisotopic (exact) mass is 340 g/mol. The molecule has 1 aromatic heterocycles. The summed E-state index contributed by atoms with van der Waals surface area (Å²) in [7, 11) is 0. The van der Waals surface area contributed by atoms with Gasteiger partial charge >= 0.3 is 6.09 Å². The third-order valence-corrected chi connectivity index (χ3v) is 4.73. The number of hydrogen-bond acceptors (Lipinski definition) is 6. The lowest BCUT2D eigenvalue weighted by atomic mass is 10.1. The van der Waals surface area contributed by atoms with Gasteiger partial charge < -0.3 is 24.8 Å². The molecule has 3 heterocycles. The third-order valence-electron chi connectivity index (χ3n) is 3.85. The summed E-state index contributed by atoms with van der Waals surface area (Å²) < 4.78 is 16.6. The van der Waals surface area contributed by atoms with Crippen LogP contribution in [-0.2, 0) is 25.4 Å². The quantitative estimate of drug-likeness (QED) is 0.824. The van der Waals surface area contributed by atoms with Crippen LogP contribution >= 0.6 is 11.3 Å². The molecule has 8 heteroatoms. The van der Waals surface area contributed by atoms with Crippen LogP contribution in [0.15, 0.2) is 17.5 Å². The highest BCUT2D eigenvalue weighted by molar-refractivity contribution is 7.10. The molecular formula is C15H20N2O5S. The van der Waals surface area contributed by atoms with Crippen LogP contribution in [-0.4, -0.2) is 56.1 Å². The number of carbonyl (C=O) groups excluding carboxylic acids is 2. The van der Waals surface area contributed by atoms with Gasteiger partial charge in [0.05, 0.1) is 25.7 Å². The molecule has 3 rings (SSSR count). The lowest BCUT2D eigenvalue weighted by molar-refractivity contribution is -0.121. The minimum absolute atomic E-state index is 0.0570. The predicted molar refractivity (Wildman–Crippen MR) is 83.4 cm³/mol. The van der Waals surface area contributed by atoms with Gasteiger partial charge in [-0.2, -0.15) is 0 Å². The van der Waals surface area contributed by atoms with E-state index in [1.807, 2.05) is 24.4 Å². The Morgan fingerprint density at radius 3 is 2.91 bits per heavy atom. The van der Waals surface area contributed by atoms with Gasteiger partial charge in [-0.15, -0.1) is 11.3 Å². The zero-order valence-electron chi connectivity index (χ0n) is 12.8. The van der Waals surface area contributed by atoms with Crippen LogP contribution in [0.4, 0.5) is 4.79 Å². The third kappa shape index (κ3) is 3.82. The van der Waals surface area contributed by atoms with Crippen molar-refractivity contribution in [2.75, 3.05) is 19.8 Å². The molecule has 2 N–H and O–H groups in total. The Labute approximate surface area is 138 Å². The van der Waals surface area contributed by atoms with Crippen LogP contribution in [0.2, 0.25) is 0 Å². The Bertz CT molecular complexity index is 550. The molecular weight excluding hydrogens is 320 g/mol. The first kappa shape index (κ1) is 16.2. The molecule has 0 aliphatic carbocycles. The molecule has 2 aliphatic rings. The molecule has 1 aromatic rings. The summed E-state index contributed by atoms with van der Waals surface area (Å²) in [6.07, 6.45) is -1.17. The molecule has 2 saturated heterocycles. The molecule has 2 fully saturated rings. The largest absolute Gasteiger partial charge is 0.441 e. The van der Waals surface area contributed by atoms with E-state index < -0.39 is 12.2 Å². The maximum atomic E-state index is 12.1. The van der Waals surface area contributed by atoms with Crippen LogP contribution in [0.3, 0.4) is 0 Å². The van der Waals surface area contributed by atoms with Gasteiger partial charge in [-0.05, 0) is 18.4 Å². The van der Waals surface area contributed by atoms with E-state index in [-0.39, 0.29) is 30.8 Å². The fourth-order valence-corrected chi connectivity index (χ4v) is 3.55. The van der Waals surface area contributed by atoms with E-state index in [1.165, 1.54) is 0 Å². The van der Waals surface area contributed by atoms with Crippen molar-refractivity contribution in [1.29, 1.82) is 0 Å². The SMILES string of the molecule is CCNC(=O)O[C@@H]1CO[C@H]2[C@@H]1OC[C@@H]2NC(=O)Cc1cccs1. The van der Waals surface area contributed by atoms with E-state index >= 15 is 0 Å². The second kappa shape index (κ2) is 7.29. The lowest BCUT2D eigenvalue weighted by Crippen LogP contribution is -2.45. The lowest BCUT2D eigenvalue weighted by Gasteiger charge is -2.17.